The van der Waals surface area contributed by atoms with E-state index >= 15 is 0 Å². The molecule has 0 aromatic heterocycles. The Bertz CT molecular complexity index is 602. The van der Waals surface area contributed by atoms with Crippen LogP contribution in [0.1, 0.15) is 32.1 Å². The number of benzene rings is 1. The first-order chi connectivity index (χ1) is 10.5. The second kappa shape index (κ2) is 6.24. The molecule has 4 nitrogen and oxygen atoms in total. The van der Waals surface area contributed by atoms with Gasteiger partial charge in [0.1, 0.15) is 5.82 Å². The Kier molecular flexibility index (Phi) is 4.34. The molecule has 1 atom stereocenters. The van der Waals surface area contributed by atoms with Crippen LogP contribution in [0.3, 0.4) is 0 Å². The van der Waals surface area contributed by atoms with Crippen molar-refractivity contribution in [3.8, 4) is 0 Å². The van der Waals surface area contributed by atoms with Gasteiger partial charge in [0, 0.05) is 24.0 Å². The Labute approximate surface area is 133 Å². The maximum Gasteiger partial charge on any atom is 0.229 e. The molecule has 2 aliphatic rings. The van der Waals surface area contributed by atoms with Crippen molar-refractivity contribution in [2.45, 2.75) is 38.1 Å². The molecule has 1 saturated heterocycles. The summed E-state index contributed by atoms with van der Waals surface area (Å²) in [6.45, 7) is 0.428. The first kappa shape index (κ1) is 15.3. The van der Waals surface area contributed by atoms with E-state index in [1.165, 1.54) is 18.2 Å². The molecular formula is C16H18ClFN2O2. The molecule has 1 N–H and O–H groups in total. The van der Waals surface area contributed by atoms with Crippen LogP contribution in [0.2, 0.25) is 5.02 Å². The van der Waals surface area contributed by atoms with Crippen LogP contribution in [0.4, 0.5) is 10.1 Å². The molecule has 6 heteroatoms. The predicted molar refractivity (Wildman–Crippen MR) is 82.1 cm³/mol. The minimum Gasteiger partial charge on any atom is -0.339 e. The van der Waals surface area contributed by atoms with Gasteiger partial charge in [-0.25, -0.2) is 4.39 Å². The fraction of sp³-hybridized carbons (Fsp3) is 0.500. The lowest BCUT2D eigenvalue weighted by atomic mass is 10.1. The SMILES string of the molecule is O=C(Nc1cc(Cl)ccc1F)[C@H]1CC(=O)N(C2CCCC2)C1. The van der Waals surface area contributed by atoms with Gasteiger partial charge in [-0.1, -0.05) is 24.4 Å². The van der Waals surface area contributed by atoms with Crippen molar-refractivity contribution in [2.75, 3.05) is 11.9 Å². The van der Waals surface area contributed by atoms with E-state index in [4.69, 9.17) is 11.6 Å². The molecule has 118 valence electrons. The molecule has 2 amide bonds. The molecule has 3 rings (SSSR count). The van der Waals surface area contributed by atoms with Crippen LogP contribution in [-0.4, -0.2) is 29.3 Å². The summed E-state index contributed by atoms with van der Waals surface area (Å²) in [5.74, 6) is -1.25. The summed E-state index contributed by atoms with van der Waals surface area (Å²) in [6, 6.07) is 4.28. The summed E-state index contributed by atoms with van der Waals surface area (Å²) >= 11 is 5.81. The molecule has 0 bridgehead atoms. The zero-order valence-electron chi connectivity index (χ0n) is 12.1. The zero-order valence-corrected chi connectivity index (χ0v) is 12.9. The van der Waals surface area contributed by atoms with Crippen LogP contribution < -0.4 is 5.32 Å². The molecular weight excluding hydrogens is 307 g/mol. The monoisotopic (exact) mass is 324 g/mol. The highest BCUT2D eigenvalue weighted by atomic mass is 35.5. The standard InChI is InChI=1S/C16H18ClFN2O2/c17-11-5-6-13(18)14(8-11)19-16(22)10-7-15(21)20(9-10)12-3-1-2-4-12/h5-6,8,10,12H,1-4,7,9H2,(H,19,22)/t10-/m0/s1. The summed E-state index contributed by atoms with van der Waals surface area (Å²) in [7, 11) is 0. The molecule has 1 aliphatic carbocycles. The second-order valence-electron chi connectivity index (χ2n) is 6.00. The maximum absolute atomic E-state index is 13.7. The molecule has 1 aliphatic heterocycles. The molecule has 0 radical (unpaired) electrons. The summed E-state index contributed by atoms with van der Waals surface area (Å²) in [4.78, 5) is 26.2. The van der Waals surface area contributed by atoms with Gasteiger partial charge in [0.05, 0.1) is 11.6 Å². The summed E-state index contributed by atoms with van der Waals surface area (Å²) in [5, 5.41) is 2.90. The van der Waals surface area contributed by atoms with Crippen LogP contribution in [0.25, 0.3) is 0 Å². The number of carbonyl (C=O) groups excluding carboxylic acids is 2. The van der Waals surface area contributed by atoms with Crippen molar-refractivity contribution in [2.24, 2.45) is 5.92 Å². The van der Waals surface area contributed by atoms with Gasteiger partial charge in [-0.3, -0.25) is 9.59 Å². The normalized spacial score (nSPS) is 22.4. The van der Waals surface area contributed by atoms with E-state index in [2.05, 4.69) is 5.32 Å². The molecule has 1 aromatic carbocycles. The van der Waals surface area contributed by atoms with Crippen molar-refractivity contribution in [1.29, 1.82) is 0 Å². The van der Waals surface area contributed by atoms with E-state index in [1.54, 1.807) is 0 Å². The molecule has 1 heterocycles. The maximum atomic E-state index is 13.7. The van der Waals surface area contributed by atoms with Gasteiger partial charge in [0.15, 0.2) is 0 Å². The lowest BCUT2D eigenvalue weighted by Crippen LogP contribution is -2.35. The number of nitrogens with one attached hydrogen (secondary N) is 1. The Morgan fingerprint density at radius 2 is 2.05 bits per heavy atom. The Morgan fingerprint density at radius 3 is 2.77 bits per heavy atom. The third-order valence-electron chi connectivity index (χ3n) is 4.48. The van der Waals surface area contributed by atoms with Crippen LogP contribution >= 0.6 is 11.6 Å². The molecule has 1 saturated carbocycles. The van der Waals surface area contributed by atoms with E-state index in [0.29, 0.717) is 11.6 Å². The van der Waals surface area contributed by atoms with Crippen LogP contribution in [-0.2, 0) is 9.59 Å². The number of hydrogen-bond acceptors (Lipinski definition) is 2. The van der Waals surface area contributed by atoms with Gasteiger partial charge in [-0.15, -0.1) is 0 Å². The van der Waals surface area contributed by atoms with Crippen molar-refractivity contribution < 1.29 is 14.0 Å². The van der Waals surface area contributed by atoms with E-state index in [1.807, 2.05) is 4.90 Å². The number of nitrogens with zero attached hydrogens (tertiary/aromatic N) is 1. The van der Waals surface area contributed by atoms with Gasteiger partial charge in [0.2, 0.25) is 11.8 Å². The first-order valence-electron chi connectivity index (χ1n) is 7.60. The van der Waals surface area contributed by atoms with Crippen LogP contribution in [0.15, 0.2) is 18.2 Å². The largest absolute Gasteiger partial charge is 0.339 e. The summed E-state index contributed by atoms with van der Waals surface area (Å²) in [6.07, 6.45) is 4.51. The number of carbonyl (C=O) groups is 2. The average Bonchev–Trinajstić information content (AvgIpc) is 3.11. The van der Waals surface area contributed by atoms with Crippen LogP contribution in [0.5, 0.6) is 0 Å². The minimum atomic E-state index is -0.533. The third kappa shape index (κ3) is 3.09. The summed E-state index contributed by atoms with van der Waals surface area (Å²) < 4.78 is 13.7. The smallest absolute Gasteiger partial charge is 0.229 e. The highest BCUT2D eigenvalue weighted by Gasteiger charge is 2.38. The lowest BCUT2D eigenvalue weighted by Gasteiger charge is -2.23. The average molecular weight is 325 g/mol. The quantitative estimate of drug-likeness (QED) is 0.928. The summed E-state index contributed by atoms with van der Waals surface area (Å²) in [5.41, 5.74) is 0.0595. The number of rotatable bonds is 3. The van der Waals surface area contributed by atoms with E-state index in [0.717, 1.165) is 25.7 Å². The van der Waals surface area contributed by atoms with Crippen molar-refractivity contribution in [3.05, 3.63) is 29.0 Å². The highest BCUT2D eigenvalue weighted by Crippen LogP contribution is 2.30. The Balaban J connectivity index is 1.65. The fourth-order valence-corrected chi connectivity index (χ4v) is 3.48. The Hall–Kier alpha value is -1.62. The number of halogens is 2. The van der Waals surface area contributed by atoms with Gasteiger partial charge in [-0.05, 0) is 31.0 Å². The van der Waals surface area contributed by atoms with Gasteiger partial charge >= 0.3 is 0 Å². The fourth-order valence-electron chi connectivity index (χ4n) is 3.30. The minimum absolute atomic E-state index is 0.0265. The number of hydrogen-bond donors (Lipinski definition) is 1. The predicted octanol–water partition coefficient (Wildman–Crippen LogP) is 3.21. The third-order valence-corrected chi connectivity index (χ3v) is 4.72. The molecule has 0 spiro atoms. The molecule has 2 fully saturated rings. The van der Waals surface area contributed by atoms with Crippen molar-refractivity contribution >= 4 is 29.1 Å². The number of amides is 2. The van der Waals surface area contributed by atoms with E-state index in [-0.39, 0.29) is 30.0 Å². The van der Waals surface area contributed by atoms with Crippen molar-refractivity contribution in [3.63, 3.8) is 0 Å². The molecule has 1 aromatic rings. The number of anilines is 1. The van der Waals surface area contributed by atoms with Crippen LogP contribution in [0, 0.1) is 11.7 Å². The van der Waals surface area contributed by atoms with Gasteiger partial charge < -0.3 is 10.2 Å². The van der Waals surface area contributed by atoms with Gasteiger partial charge in [0.25, 0.3) is 0 Å². The van der Waals surface area contributed by atoms with E-state index in [9.17, 15) is 14.0 Å². The lowest BCUT2D eigenvalue weighted by molar-refractivity contribution is -0.129. The molecule has 22 heavy (non-hydrogen) atoms. The van der Waals surface area contributed by atoms with Gasteiger partial charge in [-0.2, -0.15) is 0 Å². The number of likely N-dealkylation sites (tertiary alicyclic amines) is 1. The molecule has 0 unspecified atom stereocenters. The van der Waals surface area contributed by atoms with E-state index < -0.39 is 11.7 Å². The van der Waals surface area contributed by atoms with Crippen molar-refractivity contribution in [1.82, 2.24) is 4.90 Å². The Morgan fingerprint density at radius 1 is 1.32 bits per heavy atom. The second-order valence-corrected chi connectivity index (χ2v) is 6.44. The zero-order chi connectivity index (χ0) is 15.7. The topological polar surface area (TPSA) is 49.4 Å². The first-order valence-corrected chi connectivity index (χ1v) is 7.98. The highest BCUT2D eigenvalue weighted by molar-refractivity contribution is 6.30.